The van der Waals surface area contributed by atoms with E-state index in [9.17, 15) is 0 Å². The lowest BCUT2D eigenvalue weighted by molar-refractivity contribution is 0.319. The predicted octanol–water partition coefficient (Wildman–Crippen LogP) is 8.22. The van der Waals surface area contributed by atoms with Crippen molar-refractivity contribution >= 4 is 0 Å². The fourth-order valence-electron chi connectivity index (χ4n) is 7.71. The number of allylic oxidation sites excluding steroid dienone is 19. The van der Waals surface area contributed by atoms with Crippen LogP contribution < -0.4 is 5.73 Å². The van der Waals surface area contributed by atoms with Gasteiger partial charge in [0.25, 0.3) is 0 Å². The molecule has 0 saturated heterocycles. The maximum atomic E-state index is 5.49. The van der Waals surface area contributed by atoms with Crippen molar-refractivity contribution in [3.8, 4) is 0 Å². The Morgan fingerprint density at radius 2 is 1.49 bits per heavy atom. The zero-order valence-corrected chi connectivity index (χ0v) is 20.9. The molecule has 0 aliphatic heterocycles. The molecule has 0 radical (unpaired) electrons. The van der Waals surface area contributed by atoms with Crippen LogP contribution in [0.2, 0.25) is 0 Å². The molecule has 6 aliphatic carbocycles. The van der Waals surface area contributed by atoms with Crippen LogP contribution in [0.15, 0.2) is 119 Å². The third kappa shape index (κ3) is 4.35. The van der Waals surface area contributed by atoms with Gasteiger partial charge in [-0.15, -0.1) is 0 Å². The molecule has 1 nitrogen and oxygen atoms in total. The summed E-state index contributed by atoms with van der Waals surface area (Å²) in [5.74, 6) is 3.82. The molecule has 0 amide bonds. The van der Waals surface area contributed by atoms with Crippen LogP contribution >= 0.6 is 0 Å². The largest absolute Gasteiger partial charge is 0.405 e. The lowest BCUT2D eigenvalue weighted by atomic mass is 9.61. The van der Waals surface area contributed by atoms with Crippen LogP contribution in [0.4, 0.5) is 0 Å². The smallest absolute Gasteiger partial charge is 0.00927 e. The van der Waals surface area contributed by atoms with E-state index in [4.69, 9.17) is 5.73 Å². The van der Waals surface area contributed by atoms with Crippen molar-refractivity contribution in [3.63, 3.8) is 0 Å². The SMILES string of the molecule is N/C=C\C=C\C1CCC(C2=C3C=CC=CC3C(C3=C4C=CC=CC4C4CCC=CC4=C3)CC2)CC1. The van der Waals surface area contributed by atoms with Gasteiger partial charge in [0.1, 0.15) is 0 Å². The fourth-order valence-corrected chi connectivity index (χ4v) is 7.71. The number of hydrogen-bond acceptors (Lipinski definition) is 1. The fraction of sp³-hybridized carbons (Fsp3) is 0.412. The molecule has 0 aromatic heterocycles. The predicted molar refractivity (Wildman–Crippen MR) is 148 cm³/mol. The first-order valence-corrected chi connectivity index (χ1v) is 13.9. The van der Waals surface area contributed by atoms with Gasteiger partial charge < -0.3 is 5.73 Å². The summed E-state index contributed by atoms with van der Waals surface area (Å²) in [7, 11) is 0. The maximum Gasteiger partial charge on any atom is 0.00927 e. The molecular weight excluding hydrogens is 422 g/mol. The van der Waals surface area contributed by atoms with Crippen LogP contribution in [-0.2, 0) is 0 Å². The normalized spacial score (nSPS) is 36.1. The van der Waals surface area contributed by atoms with E-state index in [0.29, 0.717) is 29.6 Å². The van der Waals surface area contributed by atoms with Crippen LogP contribution in [0.25, 0.3) is 0 Å². The van der Waals surface area contributed by atoms with Crippen molar-refractivity contribution in [2.75, 3.05) is 0 Å². The average molecular weight is 462 g/mol. The zero-order valence-electron chi connectivity index (χ0n) is 20.9. The Bertz CT molecular complexity index is 1130. The highest BCUT2D eigenvalue weighted by molar-refractivity contribution is 5.54. The summed E-state index contributed by atoms with van der Waals surface area (Å²) >= 11 is 0. The second-order valence-electron chi connectivity index (χ2n) is 11.2. The molecule has 180 valence electrons. The van der Waals surface area contributed by atoms with Crippen LogP contribution in [-0.4, -0.2) is 0 Å². The van der Waals surface area contributed by atoms with E-state index in [0.717, 1.165) is 5.92 Å². The molecule has 6 rings (SSSR count). The molecule has 0 spiro atoms. The molecule has 0 aromatic rings. The Labute approximate surface area is 211 Å². The summed E-state index contributed by atoms with van der Waals surface area (Å²) in [4.78, 5) is 0. The van der Waals surface area contributed by atoms with E-state index in [1.54, 1.807) is 34.1 Å². The van der Waals surface area contributed by atoms with Crippen LogP contribution in [0, 0.1) is 35.5 Å². The van der Waals surface area contributed by atoms with Crippen molar-refractivity contribution in [2.45, 2.75) is 51.4 Å². The van der Waals surface area contributed by atoms with Crippen molar-refractivity contribution in [2.24, 2.45) is 41.2 Å². The van der Waals surface area contributed by atoms with E-state index in [1.807, 2.05) is 6.08 Å². The monoisotopic (exact) mass is 461 g/mol. The maximum absolute atomic E-state index is 5.49. The summed E-state index contributed by atoms with van der Waals surface area (Å²) in [5.41, 5.74) is 13.7. The van der Waals surface area contributed by atoms with Gasteiger partial charge >= 0.3 is 0 Å². The second kappa shape index (κ2) is 10.1. The van der Waals surface area contributed by atoms with Gasteiger partial charge in [-0.3, -0.25) is 0 Å². The Balaban J connectivity index is 1.29. The summed E-state index contributed by atoms with van der Waals surface area (Å²) < 4.78 is 0. The first-order chi connectivity index (χ1) is 17.3. The van der Waals surface area contributed by atoms with Gasteiger partial charge in [0.15, 0.2) is 0 Å². The van der Waals surface area contributed by atoms with Gasteiger partial charge in [0.05, 0.1) is 0 Å². The first kappa shape index (κ1) is 22.7. The molecule has 0 aromatic carbocycles. The van der Waals surface area contributed by atoms with E-state index in [1.165, 1.54) is 51.4 Å². The number of nitrogens with two attached hydrogens (primary N) is 1. The molecular formula is C34H39N. The highest BCUT2D eigenvalue weighted by Crippen LogP contribution is 2.51. The van der Waals surface area contributed by atoms with E-state index < -0.39 is 0 Å². The Hall–Kier alpha value is -2.80. The summed E-state index contributed by atoms with van der Waals surface area (Å²) in [6, 6.07) is 0. The quantitative estimate of drug-likeness (QED) is 0.419. The van der Waals surface area contributed by atoms with Crippen molar-refractivity contribution in [1.29, 1.82) is 0 Å². The first-order valence-electron chi connectivity index (χ1n) is 13.9. The molecule has 0 heterocycles. The molecule has 1 saturated carbocycles. The van der Waals surface area contributed by atoms with Crippen molar-refractivity contribution < 1.29 is 0 Å². The Morgan fingerprint density at radius 1 is 0.714 bits per heavy atom. The highest BCUT2D eigenvalue weighted by Gasteiger charge is 2.39. The molecule has 1 heteroatoms. The molecule has 4 unspecified atom stereocenters. The van der Waals surface area contributed by atoms with E-state index >= 15 is 0 Å². The molecule has 6 aliphatic rings. The van der Waals surface area contributed by atoms with Gasteiger partial charge in [-0.05, 0) is 110 Å². The lowest BCUT2D eigenvalue weighted by Gasteiger charge is -2.43. The third-order valence-electron chi connectivity index (χ3n) is 9.40. The number of rotatable bonds is 4. The number of fused-ring (bicyclic) bond motifs is 4. The van der Waals surface area contributed by atoms with E-state index in [2.05, 4.69) is 79.0 Å². The molecule has 1 fully saturated rings. The Kier molecular flexibility index (Phi) is 6.51. The van der Waals surface area contributed by atoms with Gasteiger partial charge in [0.2, 0.25) is 0 Å². The minimum atomic E-state index is 0.527. The zero-order chi connectivity index (χ0) is 23.6. The molecule has 4 atom stereocenters. The van der Waals surface area contributed by atoms with Crippen molar-refractivity contribution in [3.05, 3.63) is 119 Å². The topological polar surface area (TPSA) is 26.0 Å². The second-order valence-corrected chi connectivity index (χ2v) is 11.2. The van der Waals surface area contributed by atoms with Crippen molar-refractivity contribution in [1.82, 2.24) is 0 Å². The van der Waals surface area contributed by atoms with Crippen LogP contribution in [0.5, 0.6) is 0 Å². The minimum absolute atomic E-state index is 0.527. The Morgan fingerprint density at radius 3 is 2.29 bits per heavy atom. The minimum Gasteiger partial charge on any atom is -0.405 e. The summed E-state index contributed by atoms with van der Waals surface area (Å²) in [6.45, 7) is 0. The van der Waals surface area contributed by atoms with E-state index in [-0.39, 0.29) is 0 Å². The van der Waals surface area contributed by atoms with Gasteiger partial charge in [0, 0.05) is 11.8 Å². The van der Waals surface area contributed by atoms with Gasteiger partial charge in [-0.1, -0.05) is 84.6 Å². The lowest BCUT2D eigenvalue weighted by Crippen LogP contribution is -2.31. The third-order valence-corrected chi connectivity index (χ3v) is 9.40. The standard InChI is InChI=1S/C34H39N/c35-22-8-7-9-24-16-18-25(19-17-24)28-20-21-33(31-14-5-3-13-30(28)31)34-23-26-10-1-2-11-27(26)29-12-4-6-15-32(29)34/h1,3-10,12-15,22-25,27,29,31,33H,2,11,16-21,35H2/b9-7+,22-8-. The van der Waals surface area contributed by atoms with Crippen LogP contribution in [0.1, 0.15) is 51.4 Å². The van der Waals surface area contributed by atoms with Gasteiger partial charge in [-0.25, -0.2) is 0 Å². The summed E-state index contributed by atoms with van der Waals surface area (Å²) in [6.07, 6.45) is 44.8. The molecule has 35 heavy (non-hydrogen) atoms. The van der Waals surface area contributed by atoms with Gasteiger partial charge in [-0.2, -0.15) is 0 Å². The molecule has 2 N–H and O–H groups in total. The van der Waals surface area contributed by atoms with Crippen LogP contribution in [0.3, 0.4) is 0 Å². The molecule has 0 bridgehead atoms. The summed E-state index contributed by atoms with van der Waals surface area (Å²) in [5, 5.41) is 0. The highest BCUT2D eigenvalue weighted by atomic mass is 14.5. The average Bonchev–Trinajstić information content (AvgIpc) is 2.93. The number of hydrogen-bond donors (Lipinski definition) is 1.